The molecule has 2 nitrogen and oxygen atoms in total. The summed E-state index contributed by atoms with van der Waals surface area (Å²) in [6.45, 7) is 7.48. The van der Waals surface area contributed by atoms with Crippen LogP contribution in [0, 0.1) is 5.82 Å². The number of rotatable bonds is 3. The molecule has 0 aromatic heterocycles. The van der Waals surface area contributed by atoms with Gasteiger partial charge in [0.25, 0.3) is 0 Å². The van der Waals surface area contributed by atoms with Crippen LogP contribution in [0.1, 0.15) is 25.8 Å². The minimum atomic E-state index is -0.384. The van der Waals surface area contributed by atoms with Gasteiger partial charge in [-0.2, -0.15) is 0 Å². The van der Waals surface area contributed by atoms with Gasteiger partial charge in [0.2, 0.25) is 0 Å². The second-order valence-corrected chi connectivity index (χ2v) is 4.46. The fourth-order valence-corrected chi connectivity index (χ4v) is 1.72. The molecule has 0 bridgehead atoms. The molecule has 0 atom stereocenters. The predicted octanol–water partition coefficient (Wildman–Crippen LogP) is 2.55. The number of benzene rings is 1. The Morgan fingerprint density at radius 2 is 2.07 bits per heavy atom. The van der Waals surface area contributed by atoms with E-state index in [0.29, 0.717) is 23.4 Å². The van der Waals surface area contributed by atoms with Gasteiger partial charge in [0.05, 0.1) is 0 Å². The first-order valence-electron chi connectivity index (χ1n) is 4.82. The number of anilines is 1. The quantitative estimate of drug-likeness (QED) is 0.750. The van der Waals surface area contributed by atoms with Crippen molar-refractivity contribution >= 4 is 5.69 Å². The first-order chi connectivity index (χ1) is 6.83. The molecule has 0 aliphatic heterocycles. The summed E-state index contributed by atoms with van der Waals surface area (Å²) in [5.74, 6) is -0.254. The summed E-state index contributed by atoms with van der Waals surface area (Å²) >= 11 is 0. The monoisotopic (exact) mass is 208 g/mol. The molecule has 0 unspecified atom stereocenters. The summed E-state index contributed by atoms with van der Waals surface area (Å²) < 4.78 is 13.6. The normalized spacial score (nSPS) is 11.4. The van der Waals surface area contributed by atoms with E-state index in [9.17, 15) is 4.39 Å². The summed E-state index contributed by atoms with van der Waals surface area (Å²) in [5.41, 5.74) is 12.5. The molecule has 1 rings (SSSR count). The molecular weight excluding hydrogens is 191 g/mol. The molecule has 15 heavy (non-hydrogen) atoms. The SMILES string of the molecule is C=C(N)CC(C)(C)c1cc(N)ccc1F. The zero-order valence-corrected chi connectivity index (χ0v) is 9.18. The maximum atomic E-state index is 13.6. The van der Waals surface area contributed by atoms with E-state index in [1.54, 1.807) is 12.1 Å². The summed E-state index contributed by atoms with van der Waals surface area (Å²) in [5, 5.41) is 0. The van der Waals surface area contributed by atoms with Crippen molar-refractivity contribution in [3.05, 3.63) is 41.9 Å². The highest BCUT2D eigenvalue weighted by Gasteiger charge is 2.24. The molecular formula is C12H17FN2. The van der Waals surface area contributed by atoms with Gasteiger partial charge in [-0.25, -0.2) is 4.39 Å². The third-order valence-electron chi connectivity index (χ3n) is 2.39. The van der Waals surface area contributed by atoms with E-state index in [2.05, 4.69) is 6.58 Å². The Morgan fingerprint density at radius 1 is 1.47 bits per heavy atom. The highest BCUT2D eigenvalue weighted by molar-refractivity contribution is 5.44. The standard InChI is InChI=1S/C12H17FN2/c1-8(14)7-12(2,3)10-6-9(15)4-5-11(10)13/h4-6H,1,7,14-15H2,2-3H3. The van der Waals surface area contributed by atoms with Crippen molar-refractivity contribution in [1.82, 2.24) is 0 Å². The molecule has 0 aliphatic rings. The molecule has 0 saturated carbocycles. The number of allylic oxidation sites excluding steroid dienone is 1. The zero-order valence-electron chi connectivity index (χ0n) is 9.18. The van der Waals surface area contributed by atoms with Crippen LogP contribution in [0.5, 0.6) is 0 Å². The van der Waals surface area contributed by atoms with E-state index < -0.39 is 0 Å². The molecule has 3 heteroatoms. The zero-order chi connectivity index (χ0) is 11.6. The van der Waals surface area contributed by atoms with Crippen molar-refractivity contribution in [3.8, 4) is 0 Å². The van der Waals surface area contributed by atoms with Gasteiger partial charge in [-0.3, -0.25) is 0 Å². The fourth-order valence-electron chi connectivity index (χ4n) is 1.72. The average Bonchev–Trinajstić information content (AvgIpc) is 2.06. The Labute approximate surface area is 89.8 Å². The van der Waals surface area contributed by atoms with Gasteiger partial charge in [0.15, 0.2) is 0 Å². The van der Waals surface area contributed by atoms with Crippen molar-refractivity contribution in [2.45, 2.75) is 25.7 Å². The molecule has 0 aliphatic carbocycles. The topological polar surface area (TPSA) is 52.0 Å². The summed E-state index contributed by atoms with van der Waals surface area (Å²) in [7, 11) is 0. The summed E-state index contributed by atoms with van der Waals surface area (Å²) in [6.07, 6.45) is 0.535. The smallest absolute Gasteiger partial charge is 0.127 e. The average molecular weight is 208 g/mol. The maximum Gasteiger partial charge on any atom is 0.127 e. The van der Waals surface area contributed by atoms with Crippen molar-refractivity contribution in [2.24, 2.45) is 5.73 Å². The molecule has 82 valence electrons. The van der Waals surface area contributed by atoms with Crippen molar-refractivity contribution in [1.29, 1.82) is 0 Å². The predicted molar refractivity (Wildman–Crippen MR) is 61.8 cm³/mol. The minimum Gasteiger partial charge on any atom is -0.402 e. The fraction of sp³-hybridized carbons (Fsp3) is 0.333. The van der Waals surface area contributed by atoms with Crippen LogP contribution in [0.4, 0.5) is 10.1 Å². The lowest BCUT2D eigenvalue weighted by atomic mass is 9.80. The number of nitrogens with two attached hydrogens (primary N) is 2. The number of nitrogen functional groups attached to an aromatic ring is 1. The van der Waals surface area contributed by atoms with Crippen molar-refractivity contribution < 1.29 is 4.39 Å². The van der Waals surface area contributed by atoms with Gasteiger partial charge >= 0.3 is 0 Å². The van der Waals surface area contributed by atoms with Crippen LogP contribution in [-0.2, 0) is 5.41 Å². The first-order valence-corrected chi connectivity index (χ1v) is 4.82. The van der Waals surface area contributed by atoms with E-state index in [0.717, 1.165) is 0 Å². The molecule has 0 spiro atoms. The second-order valence-electron chi connectivity index (χ2n) is 4.46. The minimum absolute atomic E-state index is 0.254. The Balaban J connectivity index is 3.13. The maximum absolute atomic E-state index is 13.6. The van der Waals surface area contributed by atoms with Crippen LogP contribution in [0.15, 0.2) is 30.5 Å². The Kier molecular flexibility index (Phi) is 3.03. The molecule has 0 heterocycles. The molecule has 0 radical (unpaired) electrons. The largest absolute Gasteiger partial charge is 0.402 e. The number of hydrogen-bond acceptors (Lipinski definition) is 2. The van der Waals surface area contributed by atoms with Gasteiger partial charge < -0.3 is 11.5 Å². The lowest BCUT2D eigenvalue weighted by Gasteiger charge is -2.26. The van der Waals surface area contributed by atoms with Crippen LogP contribution in [-0.4, -0.2) is 0 Å². The molecule has 0 amide bonds. The molecule has 0 saturated heterocycles. The van der Waals surface area contributed by atoms with Crippen molar-refractivity contribution in [3.63, 3.8) is 0 Å². The molecule has 1 aromatic carbocycles. The number of hydrogen-bond donors (Lipinski definition) is 2. The highest BCUT2D eigenvalue weighted by atomic mass is 19.1. The van der Waals surface area contributed by atoms with E-state index in [4.69, 9.17) is 11.5 Å². The third kappa shape index (κ3) is 2.72. The van der Waals surface area contributed by atoms with Gasteiger partial charge in [0, 0.05) is 11.4 Å². The number of halogens is 1. The van der Waals surface area contributed by atoms with E-state index >= 15 is 0 Å². The van der Waals surface area contributed by atoms with Crippen LogP contribution >= 0.6 is 0 Å². The summed E-state index contributed by atoms with van der Waals surface area (Å²) in [6, 6.07) is 4.58. The van der Waals surface area contributed by atoms with Gasteiger partial charge in [-0.1, -0.05) is 20.4 Å². The highest BCUT2D eigenvalue weighted by Crippen LogP contribution is 2.31. The Morgan fingerprint density at radius 3 is 2.60 bits per heavy atom. The first kappa shape index (κ1) is 11.6. The van der Waals surface area contributed by atoms with Gasteiger partial charge in [0.1, 0.15) is 5.82 Å². The second kappa shape index (κ2) is 3.93. The third-order valence-corrected chi connectivity index (χ3v) is 2.39. The molecule has 1 aromatic rings. The Hall–Kier alpha value is -1.51. The summed E-state index contributed by atoms with van der Waals surface area (Å²) in [4.78, 5) is 0. The van der Waals surface area contributed by atoms with Crippen LogP contribution < -0.4 is 11.5 Å². The molecule has 4 N–H and O–H groups in total. The molecule has 0 fully saturated rings. The van der Waals surface area contributed by atoms with Gasteiger partial charge in [-0.05, 0) is 35.6 Å². The van der Waals surface area contributed by atoms with Crippen molar-refractivity contribution in [2.75, 3.05) is 5.73 Å². The lowest BCUT2D eigenvalue weighted by Crippen LogP contribution is -2.21. The van der Waals surface area contributed by atoms with Crippen LogP contribution in [0.3, 0.4) is 0 Å². The lowest BCUT2D eigenvalue weighted by molar-refractivity contribution is 0.478. The van der Waals surface area contributed by atoms with Crippen LogP contribution in [0.2, 0.25) is 0 Å². The Bertz CT molecular complexity index is 383. The van der Waals surface area contributed by atoms with E-state index in [1.165, 1.54) is 6.07 Å². The van der Waals surface area contributed by atoms with Crippen LogP contribution in [0.25, 0.3) is 0 Å². The van der Waals surface area contributed by atoms with E-state index in [1.807, 2.05) is 13.8 Å². The van der Waals surface area contributed by atoms with E-state index in [-0.39, 0.29) is 11.2 Å². The van der Waals surface area contributed by atoms with Gasteiger partial charge in [-0.15, -0.1) is 0 Å².